The molecular formula is C25H25ClN2O4. The molecule has 0 atom stereocenters. The highest BCUT2D eigenvalue weighted by atomic mass is 35.5. The van der Waals surface area contributed by atoms with E-state index in [0.29, 0.717) is 41.2 Å². The van der Waals surface area contributed by atoms with E-state index >= 15 is 0 Å². The molecule has 6 nitrogen and oxygen atoms in total. The zero-order chi connectivity index (χ0) is 22.1. The number of ether oxygens (including phenoxy) is 2. The van der Waals surface area contributed by atoms with Gasteiger partial charge in [0.05, 0.1) is 13.7 Å². The molecule has 0 unspecified atom stereocenters. The van der Waals surface area contributed by atoms with Gasteiger partial charge in [-0.1, -0.05) is 11.6 Å². The fourth-order valence-electron chi connectivity index (χ4n) is 4.29. The zero-order valence-electron chi connectivity index (χ0n) is 18.0. The summed E-state index contributed by atoms with van der Waals surface area (Å²) in [5.41, 5.74) is 2.50. The van der Waals surface area contributed by atoms with E-state index in [4.69, 9.17) is 25.5 Å². The van der Waals surface area contributed by atoms with Gasteiger partial charge in [0.15, 0.2) is 17.3 Å². The van der Waals surface area contributed by atoms with E-state index < -0.39 is 0 Å². The molecule has 32 heavy (non-hydrogen) atoms. The van der Waals surface area contributed by atoms with Crippen molar-refractivity contribution in [2.45, 2.75) is 19.4 Å². The van der Waals surface area contributed by atoms with Crippen LogP contribution in [0.25, 0.3) is 11.3 Å². The van der Waals surface area contributed by atoms with Crippen molar-refractivity contribution in [1.82, 2.24) is 4.90 Å². The molecule has 3 aromatic rings. The van der Waals surface area contributed by atoms with Gasteiger partial charge in [0, 0.05) is 34.4 Å². The van der Waals surface area contributed by atoms with Crippen LogP contribution in [0.15, 0.2) is 52.9 Å². The number of hydrogen-bond donors (Lipinski definition) is 0. The average molecular weight is 453 g/mol. The monoisotopic (exact) mass is 452 g/mol. The van der Waals surface area contributed by atoms with Crippen LogP contribution in [0.3, 0.4) is 0 Å². The standard InChI is InChI=1S/C25H25ClN2O4/c1-30-23-15-20(8-9-21(23)31-13-12-27-10-2-3-11-27)28-16-18-14-22(32-24(18)25(28)29)17-4-6-19(26)7-5-17/h4-9,14-15H,2-3,10-13,16H2,1H3. The third kappa shape index (κ3) is 4.08. The summed E-state index contributed by atoms with van der Waals surface area (Å²) in [5, 5.41) is 0.660. The highest BCUT2D eigenvalue weighted by Crippen LogP contribution is 2.38. The number of carbonyl (C=O) groups excluding carboxylic acids is 1. The predicted octanol–water partition coefficient (Wildman–Crippen LogP) is 5.24. The number of fused-ring (bicyclic) bond motifs is 1. The Labute approximate surface area is 192 Å². The molecule has 5 rings (SSSR count). The Hall–Kier alpha value is -2.96. The fourth-order valence-corrected chi connectivity index (χ4v) is 4.42. The first-order chi connectivity index (χ1) is 15.6. The third-order valence-corrected chi connectivity index (χ3v) is 6.28. The SMILES string of the molecule is COc1cc(N2Cc3cc(-c4ccc(Cl)cc4)oc3C2=O)ccc1OCCN1CCCC1. The van der Waals surface area contributed by atoms with Crippen molar-refractivity contribution in [2.24, 2.45) is 0 Å². The quantitative estimate of drug-likeness (QED) is 0.490. The number of furan rings is 1. The van der Waals surface area contributed by atoms with Gasteiger partial charge in [-0.2, -0.15) is 0 Å². The van der Waals surface area contributed by atoms with Crippen molar-refractivity contribution in [3.63, 3.8) is 0 Å². The Kier molecular flexibility index (Phi) is 5.81. The van der Waals surface area contributed by atoms with E-state index in [9.17, 15) is 4.79 Å². The molecule has 0 N–H and O–H groups in total. The predicted molar refractivity (Wildman–Crippen MR) is 124 cm³/mol. The maximum Gasteiger partial charge on any atom is 0.294 e. The topological polar surface area (TPSA) is 55.1 Å². The Bertz CT molecular complexity index is 1120. The summed E-state index contributed by atoms with van der Waals surface area (Å²) in [7, 11) is 1.61. The molecule has 7 heteroatoms. The van der Waals surface area contributed by atoms with Crippen LogP contribution < -0.4 is 14.4 Å². The van der Waals surface area contributed by atoms with Gasteiger partial charge in [-0.3, -0.25) is 9.69 Å². The summed E-state index contributed by atoms with van der Waals surface area (Å²) in [6.07, 6.45) is 2.53. The summed E-state index contributed by atoms with van der Waals surface area (Å²) < 4.78 is 17.4. The summed E-state index contributed by atoms with van der Waals surface area (Å²) >= 11 is 5.96. The smallest absolute Gasteiger partial charge is 0.294 e. The number of anilines is 1. The van der Waals surface area contributed by atoms with Gasteiger partial charge in [-0.05, 0) is 68.4 Å². The number of nitrogens with zero attached hydrogens (tertiary/aromatic N) is 2. The van der Waals surface area contributed by atoms with Crippen LogP contribution in [0.2, 0.25) is 5.02 Å². The van der Waals surface area contributed by atoms with E-state index in [1.54, 1.807) is 24.1 Å². The average Bonchev–Trinajstić information content (AvgIpc) is 3.53. The van der Waals surface area contributed by atoms with Crippen molar-refractivity contribution < 1.29 is 18.7 Å². The van der Waals surface area contributed by atoms with Crippen LogP contribution in [0.4, 0.5) is 5.69 Å². The molecule has 0 saturated carbocycles. The van der Waals surface area contributed by atoms with E-state index in [2.05, 4.69) is 4.90 Å². The largest absolute Gasteiger partial charge is 0.493 e. The summed E-state index contributed by atoms with van der Waals surface area (Å²) in [6, 6.07) is 14.9. The second kappa shape index (κ2) is 8.88. The van der Waals surface area contributed by atoms with Gasteiger partial charge >= 0.3 is 0 Å². The lowest BCUT2D eigenvalue weighted by atomic mass is 10.1. The maximum absolute atomic E-state index is 13.0. The zero-order valence-corrected chi connectivity index (χ0v) is 18.7. The van der Waals surface area contributed by atoms with Crippen molar-refractivity contribution in [1.29, 1.82) is 0 Å². The molecule has 1 fully saturated rings. The van der Waals surface area contributed by atoms with Crippen LogP contribution >= 0.6 is 11.6 Å². The van der Waals surface area contributed by atoms with Crippen molar-refractivity contribution >= 4 is 23.2 Å². The van der Waals surface area contributed by atoms with Gasteiger partial charge in [-0.15, -0.1) is 0 Å². The number of benzene rings is 2. The number of halogens is 1. The maximum atomic E-state index is 13.0. The molecule has 0 spiro atoms. The Morgan fingerprint density at radius 3 is 2.53 bits per heavy atom. The third-order valence-electron chi connectivity index (χ3n) is 6.03. The number of likely N-dealkylation sites (tertiary alicyclic amines) is 1. The molecule has 0 bridgehead atoms. The summed E-state index contributed by atoms with van der Waals surface area (Å²) in [5.74, 6) is 2.18. The normalized spacial score (nSPS) is 15.9. The summed E-state index contributed by atoms with van der Waals surface area (Å²) in [6.45, 7) is 4.25. The molecular weight excluding hydrogens is 428 g/mol. The first kappa shape index (κ1) is 20.9. The number of rotatable bonds is 7. The fraction of sp³-hybridized carbons (Fsp3) is 0.320. The van der Waals surface area contributed by atoms with Crippen LogP contribution in [0.5, 0.6) is 11.5 Å². The van der Waals surface area contributed by atoms with Gasteiger partial charge in [0.1, 0.15) is 12.4 Å². The number of methoxy groups -OCH3 is 1. The van der Waals surface area contributed by atoms with E-state index in [1.165, 1.54) is 12.8 Å². The van der Waals surface area contributed by atoms with E-state index in [-0.39, 0.29) is 5.91 Å². The Morgan fingerprint density at radius 1 is 1.03 bits per heavy atom. The molecule has 2 aromatic carbocycles. The van der Waals surface area contributed by atoms with Crippen molar-refractivity contribution in [3.8, 4) is 22.8 Å². The Morgan fingerprint density at radius 2 is 1.81 bits per heavy atom. The minimum absolute atomic E-state index is 0.162. The highest BCUT2D eigenvalue weighted by molar-refractivity contribution is 6.30. The first-order valence-corrected chi connectivity index (χ1v) is 11.2. The lowest BCUT2D eigenvalue weighted by Crippen LogP contribution is -2.25. The van der Waals surface area contributed by atoms with Gasteiger partial charge in [0.2, 0.25) is 0 Å². The minimum atomic E-state index is -0.162. The van der Waals surface area contributed by atoms with Crippen molar-refractivity contribution in [2.75, 3.05) is 38.3 Å². The van der Waals surface area contributed by atoms with Crippen molar-refractivity contribution in [3.05, 3.63) is 64.9 Å². The van der Waals surface area contributed by atoms with Crippen LogP contribution in [0.1, 0.15) is 29.0 Å². The molecule has 3 heterocycles. The molecule has 166 valence electrons. The van der Waals surface area contributed by atoms with E-state index in [0.717, 1.165) is 36.4 Å². The number of carbonyl (C=O) groups is 1. The molecule has 0 aliphatic carbocycles. The molecule has 1 aromatic heterocycles. The highest BCUT2D eigenvalue weighted by Gasteiger charge is 2.33. The van der Waals surface area contributed by atoms with Gasteiger partial charge in [0.25, 0.3) is 5.91 Å². The minimum Gasteiger partial charge on any atom is -0.493 e. The second-order valence-electron chi connectivity index (χ2n) is 8.10. The molecule has 0 radical (unpaired) electrons. The second-order valence-corrected chi connectivity index (χ2v) is 8.53. The number of amides is 1. The molecule has 2 aliphatic rings. The molecule has 1 amide bonds. The first-order valence-electron chi connectivity index (χ1n) is 10.9. The van der Waals surface area contributed by atoms with Crippen LogP contribution in [-0.4, -0.2) is 44.2 Å². The molecule has 1 saturated heterocycles. The summed E-state index contributed by atoms with van der Waals surface area (Å²) in [4.78, 5) is 17.1. The lowest BCUT2D eigenvalue weighted by molar-refractivity contribution is 0.0973. The van der Waals surface area contributed by atoms with Gasteiger partial charge in [-0.25, -0.2) is 0 Å². The number of hydrogen-bond acceptors (Lipinski definition) is 5. The van der Waals surface area contributed by atoms with Gasteiger partial charge < -0.3 is 18.8 Å². The van der Waals surface area contributed by atoms with Crippen LogP contribution in [0, 0.1) is 0 Å². The van der Waals surface area contributed by atoms with E-state index in [1.807, 2.05) is 36.4 Å². The Balaban J connectivity index is 1.29. The van der Waals surface area contributed by atoms with Crippen LogP contribution in [-0.2, 0) is 6.54 Å². The lowest BCUT2D eigenvalue weighted by Gasteiger charge is -2.19. The molecule has 2 aliphatic heterocycles.